The van der Waals surface area contributed by atoms with Gasteiger partial charge < -0.3 is 19.9 Å². The van der Waals surface area contributed by atoms with Gasteiger partial charge >= 0.3 is 0 Å². The lowest BCUT2D eigenvalue weighted by Crippen LogP contribution is -2.48. The zero-order valence-corrected chi connectivity index (χ0v) is 19.7. The van der Waals surface area contributed by atoms with Gasteiger partial charge in [0.25, 0.3) is 0 Å². The molecule has 0 saturated carbocycles. The van der Waals surface area contributed by atoms with Crippen molar-refractivity contribution in [2.45, 2.75) is 19.6 Å². The Bertz CT molecular complexity index is 972. The SMILES string of the molecule is CN=C(NCc1ncc(-c2ccccc2)[nH]1)N1CCOC(c2ccccc2C)C1.I. The maximum absolute atomic E-state index is 6.04. The number of aryl methyl sites for hydroxylation is 1. The molecule has 0 spiro atoms. The number of morpholine rings is 1. The summed E-state index contributed by atoms with van der Waals surface area (Å²) in [5, 5.41) is 3.43. The highest BCUT2D eigenvalue weighted by Gasteiger charge is 2.25. The molecule has 6 nitrogen and oxygen atoms in total. The quantitative estimate of drug-likeness (QED) is 0.310. The lowest BCUT2D eigenvalue weighted by molar-refractivity contribution is -0.00834. The number of rotatable bonds is 4. The molecule has 1 saturated heterocycles. The van der Waals surface area contributed by atoms with E-state index in [1.165, 1.54) is 11.1 Å². The summed E-state index contributed by atoms with van der Waals surface area (Å²) in [5.41, 5.74) is 4.64. The fraction of sp³-hybridized carbons (Fsp3) is 0.304. The molecule has 3 aromatic rings. The predicted molar refractivity (Wildman–Crippen MR) is 131 cm³/mol. The first-order chi connectivity index (χ1) is 14.2. The normalized spacial score (nSPS) is 16.8. The van der Waals surface area contributed by atoms with Crippen LogP contribution in [0.1, 0.15) is 23.1 Å². The van der Waals surface area contributed by atoms with Crippen LogP contribution >= 0.6 is 24.0 Å². The van der Waals surface area contributed by atoms with E-state index in [-0.39, 0.29) is 30.1 Å². The minimum absolute atomic E-state index is 0. The first-order valence-corrected chi connectivity index (χ1v) is 9.96. The number of H-pyrrole nitrogens is 1. The Morgan fingerprint density at radius 2 is 1.97 bits per heavy atom. The van der Waals surface area contributed by atoms with E-state index in [0.29, 0.717) is 13.2 Å². The molecule has 1 aliphatic rings. The Labute approximate surface area is 194 Å². The summed E-state index contributed by atoms with van der Waals surface area (Å²) >= 11 is 0. The van der Waals surface area contributed by atoms with E-state index < -0.39 is 0 Å². The van der Waals surface area contributed by atoms with Crippen molar-refractivity contribution in [3.8, 4) is 11.3 Å². The average Bonchev–Trinajstić information content (AvgIpc) is 3.24. The molecule has 2 N–H and O–H groups in total. The molecule has 4 rings (SSSR count). The molecule has 30 heavy (non-hydrogen) atoms. The van der Waals surface area contributed by atoms with E-state index in [9.17, 15) is 0 Å². The molecule has 0 aliphatic carbocycles. The van der Waals surface area contributed by atoms with Gasteiger partial charge in [0.15, 0.2) is 5.96 Å². The Morgan fingerprint density at radius 1 is 1.20 bits per heavy atom. The van der Waals surface area contributed by atoms with Crippen LogP contribution in [0.15, 0.2) is 65.8 Å². The molecule has 1 unspecified atom stereocenters. The van der Waals surface area contributed by atoms with Crippen LogP contribution in [0.3, 0.4) is 0 Å². The summed E-state index contributed by atoms with van der Waals surface area (Å²) in [4.78, 5) is 14.6. The Morgan fingerprint density at radius 3 is 2.73 bits per heavy atom. The number of benzene rings is 2. The molecule has 0 bridgehead atoms. The summed E-state index contributed by atoms with van der Waals surface area (Å²) in [6.45, 7) is 4.99. The van der Waals surface area contributed by atoms with Crippen LogP contribution in [0.2, 0.25) is 0 Å². The molecule has 1 atom stereocenters. The monoisotopic (exact) mass is 517 g/mol. The number of halogens is 1. The van der Waals surface area contributed by atoms with E-state index in [2.05, 4.69) is 68.5 Å². The Hall–Kier alpha value is -2.39. The molecule has 2 heterocycles. The van der Waals surface area contributed by atoms with Crippen LogP contribution in [0.5, 0.6) is 0 Å². The topological polar surface area (TPSA) is 65.5 Å². The number of aromatic nitrogens is 2. The van der Waals surface area contributed by atoms with Crippen molar-refractivity contribution in [1.82, 2.24) is 20.2 Å². The highest BCUT2D eigenvalue weighted by atomic mass is 127. The van der Waals surface area contributed by atoms with E-state index in [4.69, 9.17) is 4.74 Å². The lowest BCUT2D eigenvalue weighted by atomic mass is 10.0. The summed E-state index contributed by atoms with van der Waals surface area (Å²) in [6.07, 6.45) is 1.93. The first kappa shape index (κ1) is 22.3. The third kappa shape index (κ3) is 5.20. The number of guanidine groups is 1. The van der Waals surface area contributed by atoms with Crippen LogP contribution in [-0.2, 0) is 11.3 Å². The summed E-state index contributed by atoms with van der Waals surface area (Å²) in [5.74, 6) is 1.75. The van der Waals surface area contributed by atoms with Crippen LogP contribution in [0, 0.1) is 6.92 Å². The smallest absolute Gasteiger partial charge is 0.194 e. The zero-order valence-electron chi connectivity index (χ0n) is 17.3. The molecule has 0 amide bonds. The molecular formula is C23H28IN5O. The summed E-state index contributed by atoms with van der Waals surface area (Å²) < 4.78 is 6.04. The first-order valence-electron chi connectivity index (χ1n) is 9.96. The zero-order chi connectivity index (χ0) is 20.1. The second kappa shape index (κ2) is 10.6. The summed E-state index contributed by atoms with van der Waals surface area (Å²) in [7, 11) is 1.82. The van der Waals surface area contributed by atoms with Crippen molar-refractivity contribution in [2.75, 3.05) is 26.7 Å². The fourth-order valence-corrected chi connectivity index (χ4v) is 3.69. The molecule has 7 heteroatoms. The van der Waals surface area contributed by atoms with Crippen LogP contribution < -0.4 is 5.32 Å². The van der Waals surface area contributed by atoms with Gasteiger partial charge in [-0.15, -0.1) is 24.0 Å². The number of nitrogens with one attached hydrogen (secondary N) is 2. The minimum Gasteiger partial charge on any atom is -0.370 e. The number of aromatic amines is 1. The maximum atomic E-state index is 6.04. The van der Waals surface area contributed by atoms with E-state index in [1.807, 2.05) is 31.4 Å². The lowest BCUT2D eigenvalue weighted by Gasteiger charge is -2.35. The predicted octanol–water partition coefficient (Wildman–Crippen LogP) is 4.15. The van der Waals surface area contributed by atoms with Crippen molar-refractivity contribution in [3.63, 3.8) is 0 Å². The second-order valence-corrected chi connectivity index (χ2v) is 7.17. The molecular weight excluding hydrogens is 489 g/mol. The van der Waals surface area contributed by atoms with Gasteiger partial charge in [-0.25, -0.2) is 4.98 Å². The van der Waals surface area contributed by atoms with Gasteiger partial charge in [-0.3, -0.25) is 4.99 Å². The van der Waals surface area contributed by atoms with Gasteiger partial charge in [0.05, 0.1) is 31.6 Å². The van der Waals surface area contributed by atoms with Crippen molar-refractivity contribution < 1.29 is 4.74 Å². The number of hydrogen-bond acceptors (Lipinski definition) is 3. The van der Waals surface area contributed by atoms with Gasteiger partial charge in [0, 0.05) is 13.6 Å². The van der Waals surface area contributed by atoms with Gasteiger partial charge in [-0.1, -0.05) is 54.6 Å². The largest absolute Gasteiger partial charge is 0.370 e. The number of imidazole rings is 1. The summed E-state index contributed by atoms with van der Waals surface area (Å²) in [6, 6.07) is 18.6. The number of hydrogen-bond donors (Lipinski definition) is 2. The standard InChI is InChI=1S/C23H27N5O.HI/c1-17-8-6-7-11-19(17)21-16-28(12-13-29-21)23(24-2)26-15-22-25-14-20(27-22)18-9-4-3-5-10-18;/h3-11,14,21H,12-13,15-16H2,1-2H3,(H,24,26)(H,25,27);1H. The molecule has 1 fully saturated rings. The Kier molecular flexibility index (Phi) is 7.87. The molecule has 0 radical (unpaired) electrons. The Balaban J connectivity index is 0.00000256. The number of ether oxygens (including phenoxy) is 1. The van der Waals surface area contributed by atoms with Crippen molar-refractivity contribution >= 4 is 29.9 Å². The van der Waals surface area contributed by atoms with Crippen LogP contribution in [0.4, 0.5) is 0 Å². The highest BCUT2D eigenvalue weighted by Crippen LogP contribution is 2.25. The third-order valence-electron chi connectivity index (χ3n) is 5.24. The van der Waals surface area contributed by atoms with Crippen molar-refractivity contribution in [2.24, 2.45) is 4.99 Å². The van der Waals surface area contributed by atoms with Crippen LogP contribution in [-0.4, -0.2) is 47.6 Å². The van der Waals surface area contributed by atoms with E-state index in [0.717, 1.165) is 36.1 Å². The van der Waals surface area contributed by atoms with E-state index >= 15 is 0 Å². The molecule has 2 aromatic carbocycles. The van der Waals surface area contributed by atoms with Crippen molar-refractivity contribution in [1.29, 1.82) is 0 Å². The molecule has 1 aliphatic heterocycles. The van der Waals surface area contributed by atoms with E-state index in [1.54, 1.807) is 0 Å². The minimum atomic E-state index is 0. The van der Waals surface area contributed by atoms with Gasteiger partial charge in [-0.05, 0) is 23.6 Å². The third-order valence-corrected chi connectivity index (χ3v) is 5.24. The fourth-order valence-electron chi connectivity index (χ4n) is 3.69. The maximum Gasteiger partial charge on any atom is 0.194 e. The van der Waals surface area contributed by atoms with Gasteiger partial charge in [0.2, 0.25) is 0 Å². The van der Waals surface area contributed by atoms with Gasteiger partial charge in [0.1, 0.15) is 11.9 Å². The molecule has 1 aromatic heterocycles. The number of nitrogens with zero attached hydrogens (tertiary/aromatic N) is 3. The number of aliphatic imine (C=N–C) groups is 1. The van der Waals surface area contributed by atoms with Crippen LogP contribution in [0.25, 0.3) is 11.3 Å². The van der Waals surface area contributed by atoms with Gasteiger partial charge in [-0.2, -0.15) is 0 Å². The molecule has 158 valence electrons. The second-order valence-electron chi connectivity index (χ2n) is 7.17. The van der Waals surface area contributed by atoms with Crippen molar-refractivity contribution in [3.05, 3.63) is 77.7 Å². The average molecular weight is 517 g/mol. The highest BCUT2D eigenvalue weighted by molar-refractivity contribution is 14.0.